The predicted molar refractivity (Wildman–Crippen MR) is 74.3 cm³/mol. The molecule has 0 heterocycles. The topological polar surface area (TPSA) is 72.5 Å². The van der Waals surface area contributed by atoms with E-state index >= 15 is 0 Å². The third-order valence-corrected chi connectivity index (χ3v) is 2.99. The predicted octanol–water partition coefficient (Wildman–Crippen LogP) is 4.21. The summed E-state index contributed by atoms with van der Waals surface area (Å²) < 4.78 is 19.0. The van der Waals surface area contributed by atoms with Crippen LogP contribution in [0.2, 0.25) is 10.0 Å². The van der Waals surface area contributed by atoms with Crippen molar-refractivity contribution in [3.05, 3.63) is 51.8 Å². The zero-order chi connectivity index (χ0) is 14.9. The Morgan fingerprint density at radius 3 is 2.55 bits per heavy atom. The summed E-state index contributed by atoms with van der Waals surface area (Å²) in [5.74, 6) is -2.28. The van der Waals surface area contributed by atoms with E-state index < -0.39 is 11.8 Å². The molecule has 0 aromatic heterocycles. The van der Waals surface area contributed by atoms with E-state index in [2.05, 4.69) is 0 Å². The molecule has 0 aliphatic carbocycles. The highest BCUT2D eigenvalue weighted by atomic mass is 35.5. The maximum atomic E-state index is 13.7. The Balaban J connectivity index is 2.45. The van der Waals surface area contributed by atoms with Crippen molar-refractivity contribution in [3.63, 3.8) is 0 Å². The van der Waals surface area contributed by atoms with E-state index in [-0.39, 0.29) is 27.8 Å². The van der Waals surface area contributed by atoms with E-state index in [4.69, 9.17) is 38.8 Å². The molecule has 7 heteroatoms. The molecule has 2 aromatic rings. The van der Waals surface area contributed by atoms with Crippen molar-refractivity contribution >= 4 is 34.9 Å². The number of aromatic carboxylic acids is 1. The van der Waals surface area contributed by atoms with Gasteiger partial charge in [-0.2, -0.15) is 0 Å². The maximum absolute atomic E-state index is 13.7. The molecule has 4 nitrogen and oxygen atoms in total. The Morgan fingerprint density at radius 2 is 1.90 bits per heavy atom. The van der Waals surface area contributed by atoms with E-state index in [9.17, 15) is 9.18 Å². The lowest BCUT2D eigenvalue weighted by molar-refractivity contribution is 0.0697. The average Bonchev–Trinajstić information content (AvgIpc) is 2.36. The van der Waals surface area contributed by atoms with Gasteiger partial charge < -0.3 is 15.6 Å². The quantitative estimate of drug-likeness (QED) is 0.832. The average molecular weight is 316 g/mol. The molecular weight excluding hydrogens is 308 g/mol. The third-order valence-electron chi connectivity index (χ3n) is 2.45. The zero-order valence-corrected chi connectivity index (χ0v) is 11.4. The molecule has 104 valence electrons. The van der Waals surface area contributed by atoms with Crippen LogP contribution < -0.4 is 10.5 Å². The van der Waals surface area contributed by atoms with Crippen LogP contribution >= 0.6 is 23.2 Å². The minimum Gasteiger partial charge on any atom is -0.478 e. The van der Waals surface area contributed by atoms with Crippen molar-refractivity contribution in [1.29, 1.82) is 0 Å². The summed E-state index contributed by atoms with van der Waals surface area (Å²) in [6.07, 6.45) is 0. The van der Waals surface area contributed by atoms with E-state index in [1.165, 1.54) is 12.1 Å². The minimum atomic E-state index is -1.29. The summed E-state index contributed by atoms with van der Waals surface area (Å²) in [5, 5.41) is 9.50. The second kappa shape index (κ2) is 5.56. The Hall–Kier alpha value is -1.98. The molecule has 0 fully saturated rings. The van der Waals surface area contributed by atoms with Crippen LogP contribution in [0.15, 0.2) is 30.3 Å². The van der Waals surface area contributed by atoms with Gasteiger partial charge in [-0.3, -0.25) is 0 Å². The van der Waals surface area contributed by atoms with E-state index in [1.54, 1.807) is 6.07 Å². The second-order valence-electron chi connectivity index (χ2n) is 3.85. The summed E-state index contributed by atoms with van der Waals surface area (Å²) in [4.78, 5) is 11.0. The number of halogens is 3. The first kappa shape index (κ1) is 14.4. The standard InChI is InChI=1S/C13H8Cl2FNO3/c14-6-1-2-8(15)11(3-6)20-12-4-7(13(18)19)10(17)5-9(12)16/h1-5H,17H2,(H,18,19). The number of benzene rings is 2. The maximum Gasteiger partial charge on any atom is 0.337 e. The molecule has 2 aromatic carbocycles. The van der Waals surface area contributed by atoms with Gasteiger partial charge in [-0.1, -0.05) is 23.2 Å². The normalized spacial score (nSPS) is 10.3. The summed E-state index contributed by atoms with van der Waals surface area (Å²) in [7, 11) is 0. The minimum absolute atomic E-state index is 0.110. The van der Waals surface area contributed by atoms with E-state index in [0.717, 1.165) is 12.1 Å². The summed E-state index contributed by atoms with van der Waals surface area (Å²) in [6, 6.07) is 6.27. The van der Waals surface area contributed by atoms with Crippen molar-refractivity contribution in [2.24, 2.45) is 0 Å². The highest BCUT2D eigenvalue weighted by molar-refractivity contribution is 6.34. The number of rotatable bonds is 3. The van der Waals surface area contributed by atoms with Crippen molar-refractivity contribution in [2.75, 3.05) is 5.73 Å². The second-order valence-corrected chi connectivity index (χ2v) is 4.70. The van der Waals surface area contributed by atoms with Gasteiger partial charge in [0.15, 0.2) is 11.6 Å². The summed E-state index contributed by atoms with van der Waals surface area (Å²) >= 11 is 11.7. The van der Waals surface area contributed by atoms with Crippen LogP contribution in [0.5, 0.6) is 11.5 Å². The molecule has 20 heavy (non-hydrogen) atoms. The third kappa shape index (κ3) is 2.95. The summed E-state index contributed by atoms with van der Waals surface area (Å²) in [5.41, 5.74) is 4.96. The van der Waals surface area contributed by atoms with Crippen molar-refractivity contribution in [1.82, 2.24) is 0 Å². The molecule has 0 spiro atoms. The number of anilines is 1. The van der Waals surface area contributed by atoms with E-state index in [0.29, 0.717) is 5.02 Å². The first-order valence-electron chi connectivity index (χ1n) is 5.33. The molecule has 2 rings (SSSR count). The number of nitrogen functional groups attached to an aromatic ring is 1. The first-order valence-corrected chi connectivity index (χ1v) is 6.09. The lowest BCUT2D eigenvalue weighted by Gasteiger charge is -2.10. The molecule has 0 bridgehead atoms. The largest absolute Gasteiger partial charge is 0.478 e. The highest BCUT2D eigenvalue weighted by Gasteiger charge is 2.15. The van der Waals surface area contributed by atoms with Crippen LogP contribution in [0.1, 0.15) is 10.4 Å². The number of ether oxygens (including phenoxy) is 1. The van der Waals surface area contributed by atoms with Gasteiger partial charge in [0.1, 0.15) is 5.75 Å². The molecule has 0 saturated heterocycles. The lowest BCUT2D eigenvalue weighted by atomic mass is 10.1. The van der Waals surface area contributed by atoms with Gasteiger partial charge in [0, 0.05) is 28.9 Å². The molecule has 0 radical (unpaired) electrons. The first-order chi connectivity index (χ1) is 9.38. The molecule has 3 N–H and O–H groups in total. The molecule has 0 aliphatic rings. The monoisotopic (exact) mass is 315 g/mol. The summed E-state index contributed by atoms with van der Waals surface area (Å²) in [6.45, 7) is 0. The van der Waals surface area contributed by atoms with Crippen molar-refractivity contribution in [2.45, 2.75) is 0 Å². The van der Waals surface area contributed by atoms with Gasteiger partial charge in [0.2, 0.25) is 0 Å². The Bertz CT molecular complexity index is 692. The van der Waals surface area contributed by atoms with E-state index in [1.807, 2.05) is 0 Å². The fourth-order valence-electron chi connectivity index (χ4n) is 1.51. The highest BCUT2D eigenvalue weighted by Crippen LogP contribution is 2.34. The smallest absolute Gasteiger partial charge is 0.337 e. The van der Waals surface area contributed by atoms with Crippen LogP contribution in [0.3, 0.4) is 0 Å². The Labute approximate surface area is 123 Å². The lowest BCUT2D eigenvalue weighted by Crippen LogP contribution is -2.04. The number of hydrogen-bond donors (Lipinski definition) is 2. The number of carboxylic acid groups (broad SMARTS) is 1. The van der Waals surface area contributed by atoms with Gasteiger partial charge >= 0.3 is 5.97 Å². The van der Waals surface area contributed by atoms with Gasteiger partial charge in [-0.05, 0) is 12.1 Å². The molecule has 0 atom stereocenters. The molecule has 0 amide bonds. The van der Waals surface area contributed by atoms with Crippen LogP contribution in [-0.2, 0) is 0 Å². The Kier molecular flexibility index (Phi) is 4.01. The molecule has 0 aliphatic heterocycles. The van der Waals surface area contributed by atoms with Crippen molar-refractivity contribution in [3.8, 4) is 11.5 Å². The fraction of sp³-hybridized carbons (Fsp3) is 0. The molecule has 0 saturated carbocycles. The SMILES string of the molecule is Nc1cc(F)c(Oc2cc(Cl)ccc2Cl)cc1C(=O)O. The van der Waals surface area contributed by atoms with Gasteiger partial charge in [0.05, 0.1) is 10.6 Å². The molecular formula is C13H8Cl2FNO3. The Morgan fingerprint density at radius 1 is 1.20 bits per heavy atom. The van der Waals surface area contributed by atoms with Crippen LogP contribution in [0, 0.1) is 5.82 Å². The van der Waals surface area contributed by atoms with Crippen LogP contribution in [0.4, 0.5) is 10.1 Å². The number of carbonyl (C=O) groups is 1. The van der Waals surface area contributed by atoms with Gasteiger partial charge in [-0.25, -0.2) is 9.18 Å². The number of hydrogen-bond acceptors (Lipinski definition) is 3. The molecule has 0 unspecified atom stereocenters. The fourth-order valence-corrected chi connectivity index (χ4v) is 1.82. The van der Waals surface area contributed by atoms with Gasteiger partial charge in [0.25, 0.3) is 0 Å². The van der Waals surface area contributed by atoms with Crippen molar-refractivity contribution < 1.29 is 19.0 Å². The van der Waals surface area contributed by atoms with Crippen LogP contribution in [0.25, 0.3) is 0 Å². The zero-order valence-electron chi connectivity index (χ0n) is 9.86. The number of nitrogens with two attached hydrogens (primary N) is 1. The number of carboxylic acids is 1. The van der Waals surface area contributed by atoms with Gasteiger partial charge in [-0.15, -0.1) is 0 Å². The van der Waals surface area contributed by atoms with Crippen LogP contribution in [-0.4, -0.2) is 11.1 Å².